The van der Waals surface area contributed by atoms with Gasteiger partial charge < -0.3 is 10.8 Å². The van der Waals surface area contributed by atoms with Crippen LogP contribution in [0.15, 0.2) is 12.3 Å². The molecule has 4 heteroatoms. The van der Waals surface area contributed by atoms with Crippen LogP contribution in [-0.4, -0.2) is 26.5 Å². The monoisotopic (exact) mass is 223 g/mol. The van der Waals surface area contributed by atoms with Gasteiger partial charge in [-0.05, 0) is 44.6 Å². The summed E-state index contributed by atoms with van der Waals surface area (Å²) in [6.45, 7) is 0. The number of aryl methyl sites for hydroxylation is 2. The molecule has 2 rings (SSSR count). The van der Waals surface area contributed by atoms with Gasteiger partial charge in [0.05, 0.1) is 5.60 Å². The number of aliphatic hydroxyl groups is 1. The van der Waals surface area contributed by atoms with Crippen molar-refractivity contribution >= 4 is 0 Å². The van der Waals surface area contributed by atoms with Crippen molar-refractivity contribution in [2.75, 3.05) is 0 Å². The first kappa shape index (κ1) is 11.6. The number of hydrogen-bond acceptors (Lipinski definition) is 3. The lowest BCUT2D eigenvalue weighted by Crippen LogP contribution is -2.41. The number of nitrogens with zero attached hydrogens (tertiary/aromatic N) is 2. The van der Waals surface area contributed by atoms with Crippen LogP contribution in [0, 0.1) is 0 Å². The molecule has 0 bridgehead atoms. The molecule has 1 heterocycles. The van der Waals surface area contributed by atoms with Crippen molar-refractivity contribution in [2.24, 2.45) is 12.8 Å². The third-order valence-electron chi connectivity index (χ3n) is 3.63. The van der Waals surface area contributed by atoms with Crippen LogP contribution < -0.4 is 5.73 Å². The quantitative estimate of drug-likeness (QED) is 0.803. The van der Waals surface area contributed by atoms with Gasteiger partial charge in [0.1, 0.15) is 0 Å². The van der Waals surface area contributed by atoms with Crippen molar-refractivity contribution in [1.29, 1.82) is 0 Å². The van der Waals surface area contributed by atoms with Gasteiger partial charge in [-0.2, -0.15) is 5.10 Å². The number of hydrogen-bond donors (Lipinski definition) is 2. The Kier molecular flexibility index (Phi) is 3.30. The van der Waals surface area contributed by atoms with Crippen LogP contribution in [0.3, 0.4) is 0 Å². The molecule has 1 saturated carbocycles. The molecule has 0 amide bonds. The summed E-state index contributed by atoms with van der Waals surface area (Å²) in [7, 11) is 1.94. The van der Waals surface area contributed by atoms with Crippen molar-refractivity contribution in [1.82, 2.24) is 9.78 Å². The largest absolute Gasteiger partial charge is 0.390 e. The van der Waals surface area contributed by atoms with E-state index in [2.05, 4.69) is 5.10 Å². The van der Waals surface area contributed by atoms with Crippen LogP contribution in [-0.2, 0) is 13.5 Å². The van der Waals surface area contributed by atoms with Crippen molar-refractivity contribution in [3.8, 4) is 0 Å². The molecule has 3 N–H and O–H groups in total. The minimum Gasteiger partial charge on any atom is -0.390 e. The minimum absolute atomic E-state index is 0.172. The first-order valence-corrected chi connectivity index (χ1v) is 6.04. The Hall–Kier alpha value is -0.870. The maximum absolute atomic E-state index is 10.4. The third-order valence-corrected chi connectivity index (χ3v) is 3.63. The summed E-state index contributed by atoms with van der Waals surface area (Å²) in [6.07, 6.45) is 7.19. The van der Waals surface area contributed by atoms with E-state index in [0.29, 0.717) is 0 Å². The molecule has 2 unspecified atom stereocenters. The summed E-state index contributed by atoms with van der Waals surface area (Å²) < 4.78 is 1.87. The fraction of sp³-hybridized carbons (Fsp3) is 0.750. The van der Waals surface area contributed by atoms with E-state index < -0.39 is 5.60 Å². The highest BCUT2D eigenvalue weighted by Crippen LogP contribution is 2.31. The fourth-order valence-corrected chi connectivity index (χ4v) is 2.62. The highest BCUT2D eigenvalue weighted by molar-refractivity contribution is 5.02. The molecule has 1 fully saturated rings. The second-order valence-electron chi connectivity index (χ2n) is 5.03. The van der Waals surface area contributed by atoms with Crippen molar-refractivity contribution in [2.45, 2.75) is 50.2 Å². The molecule has 0 radical (unpaired) electrons. The molecule has 1 aromatic rings. The Bertz CT molecular complexity index is 350. The van der Waals surface area contributed by atoms with Crippen LogP contribution in [0.4, 0.5) is 0 Å². The molecule has 1 aliphatic carbocycles. The van der Waals surface area contributed by atoms with Gasteiger partial charge in [-0.1, -0.05) is 0 Å². The number of aromatic nitrogens is 2. The van der Waals surface area contributed by atoms with E-state index in [1.807, 2.05) is 17.8 Å². The average molecular weight is 223 g/mol. The minimum atomic E-state index is -0.554. The van der Waals surface area contributed by atoms with Crippen LogP contribution >= 0.6 is 0 Å². The van der Waals surface area contributed by atoms with Crippen molar-refractivity contribution in [3.63, 3.8) is 0 Å². The zero-order valence-corrected chi connectivity index (χ0v) is 9.89. The first-order chi connectivity index (χ1) is 7.59. The second-order valence-corrected chi connectivity index (χ2v) is 5.03. The van der Waals surface area contributed by atoms with Crippen LogP contribution in [0.2, 0.25) is 0 Å². The smallest absolute Gasteiger partial charge is 0.0666 e. The molecule has 90 valence electrons. The molecule has 0 saturated heterocycles. The number of nitrogens with two attached hydrogens (primary N) is 1. The van der Waals surface area contributed by atoms with E-state index in [-0.39, 0.29) is 6.04 Å². The maximum Gasteiger partial charge on any atom is 0.0666 e. The van der Waals surface area contributed by atoms with E-state index in [1.165, 1.54) is 5.69 Å². The first-order valence-electron chi connectivity index (χ1n) is 6.04. The molecule has 0 spiro atoms. The Morgan fingerprint density at radius 2 is 2.50 bits per heavy atom. The third kappa shape index (κ3) is 2.62. The second kappa shape index (κ2) is 4.55. The van der Waals surface area contributed by atoms with E-state index in [9.17, 15) is 5.11 Å². The predicted molar refractivity (Wildman–Crippen MR) is 62.9 cm³/mol. The van der Waals surface area contributed by atoms with Gasteiger partial charge in [-0.25, -0.2) is 0 Å². The lowest BCUT2D eigenvalue weighted by molar-refractivity contribution is -0.00992. The van der Waals surface area contributed by atoms with E-state index in [1.54, 1.807) is 6.20 Å². The topological polar surface area (TPSA) is 64.1 Å². The lowest BCUT2D eigenvalue weighted by atomic mass is 9.79. The SMILES string of the molecule is Cn1nccc1CCC1(O)CCCC(N)C1. The fourth-order valence-electron chi connectivity index (χ4n) is 2.62. The van der Waals surface area contributed by atoms with Gasteiger partial charge in [-0.3, -0.25) is 4.68 Å². The van der Waals surface area contributed by atoms with Crippen LogP contribution in [0.25, 0.3) is 0 Å². The Balaban J connectivity index is 1.91. The summed E-state index contributed by atoms with van der Waals surface area (Å²) in [5.41, 5.74) is 6.53. The molecule has 16 heavy (non-hydrogen) atoms. The predicted octanol–water partition coefficient (Wildman–Crippen LogP) is 0.985. The molecule has 0 aliphatic heterocycles. The summed E-state index contributed by atoms with van der Waals surface area (Å²) in [5.74, 6) is 0. The highest BCUT2D eigenvalue weighted by Gasteiger charge is 2.32. The molecular formula is C12H21N3O. The lowest BCUT2D eigenvalue weighted by Gasteiger charge is -2.35. The molecular weight excluding hydrogens is 202 g/mol. The zero-order chi connectivity index (χ0) is 11.6. The van der Waals surface area contributed by atoms with Gasteiger partial charge >= 0.3 is 0 Å². The highest BCUT2D eigenvalue weighted by atomic mass is 16.3. The standard InChI is InChI=1S/C12H21N3O/c1-15-11(5-8-14-15)4-7-12(16)6-2-3-10(13)9-12/h5,8,10,16H,2-4,6-7,9,13H2,1H3. The Labute approximate surface area is 96.5 Å². The van der Waals surface area contributed by atoms with Crippen molar-refractivity contribution in [3.05, 3.63) is 18.0 Å². The summed E-state index contributed by atoms with van der Waals surface area (Å²) in [4.78, 5) is 0. The molecule has 2 atom stereocenters. The normalized spacial score (nSPS) is 30.6. The Morgan fingerprint density at radius 1 is 1.69 bits per heavy atom. The van der Waals surface area contributed by atoms with Crippen LogP contribution in [0.1, 0.15) is 37.8 Å². The van der Waals surface area contributed by atoms with E-state index in [0.717, 1.165) is 38.5 Å². The van der Waals surface area contributed by atoms with E-state index in [4.69, 9.17) is 5.73 Å². The Morgan fingerprint density at radius 3 is 3.12 bits per heavy atom. The average Bonchev–Trinajstić information content (AvgIpc) is 2.61. The maximum atomic E-state index is 10.4. The van der Waals surface area contributed by atoms with E-state index >= 15 is 0 Å². The summed E-state index contributed by atoms with van der Waals surface area (Å²) in [6, 6.07) is 2.18. The van der Waals surface area contributed by atoms with Gasteiger partial charge in [0.25, 0.3) is 0 Å². The molecule has 1 aliphatic rings. The van der Waals surface area contributed by atoms with Gasteiger partial charge in [0.15, 0.2) is 0 Å². The summed E-state index contributed by atoms with van der Waals surface area (Å²) in [5, 5.41) is 14.6. The molecule has 1 aromatic heterocycles. The van der Waals surface area contributed by atoms with Crippen molar-refractivity contribution < 1.29 is 5.11 Å². The van der Waals surface area contributed by atoms with Gasteiger partial charge in [0, 0.05) is 25.0 Å². The molecule has 0 aromatic carbocycles. The zero-order valence-electron chi connectivity index (χ0n) is 9.89. The van der Waals surface area contributed by atoms with Gasteiger partial charge in [-0.15, -0.1) is 0 Å². The summed E-state index contributed by atoms with van der Waals surface area (Å²) >= 11 is 0. The number of rotatable bonds is 3. The van der Waals surface area contributed by atoms with Crippen LogP contribution in [0.5, 0.6) is 0 Å². The van der Waals surface area contributed by atoms with Gasteiger partial charge in [0.2, 0.25) is 0 Å². The molecule has 4 nitrogen and oxygen atoms in total.